The lowest BCUT2D eigenvalue weighted by atomic mass is 10.0. The normalized spacial score (nSPS) is 11.4. The second kappa shape index (κ2) is 8.60. The van der Waals surface area contributed by atoms with E-state index in [1.165, 1.54) is 0 Å². The Morgan fingerprint density at radius 3 is 2.57 bits per heavy atom. The fourth-order valence-corrected chi connectivity index (χ4v) is 1.71. The second-order valence-electron chi connectivity index (χ2n) is 4.92. The number of nitrogens with one attached hydrogen (secondary N) is 1. The van der Waals surface area contributed by atoms with Crippen molar-refractivity contribution in [2.75, 3.05) is 0 Å². The summed E-state index contributed by atoms with van der Waals surface area (Å²) in [6.45, 7) is 3.90. The molecule has 0 radical (unpaired) electrons. The standard InChI is InChI=1S/C14H18N4O3/c1-10(2)8-12(13(19)17-18-15)16-14(20)21-9-11-6-4-3-5-7-11/h3-7,10,12H,8-9H2,1-2H3,(H,16,20)/t12-/m0/s1. The average molecular weight is 290 g/mol. The third-order valence-corrected chi connectivity index (χ3v) is 2.65. The van der Waals surface area contributed by atoms with Gasteiger partial charge in [0, 0.05) is 4.91 Å². The van der Waals surface area contributed by atoms with Crippen LogP contribution in [0.25, 0.3) is 10.4 Å². The van der Waals surface area contributed by atoms with Gasteiger partial charge in [0.05, 0.1) is 6.04 Å². The van der Waals surface area contributed by atoms with Crippen LogP contribution in [0.1, 0.15) is 25.8 Å². The largest absolute Gasteiger partial charge is 0.445 e. The molecule has 1 rings (SSSR count). The van der Waals surface area contributed by atoms with Crippen molar-refractivity contribution in [2.45, 2.75) is 32.9 Å². The molecule has 0 spiro atoms. The highest BCUT2D eigenvalue weighted by Crippen LogP contribution is 2.07. The van der Waals surface area contributed by atoms with Crippen LogP contribution in [0.2, 0.25) is 0 Å². The number of amides is 2. The van der Waals surface area contributed by atoms with Crippen molar-refractivity contribution in [2.24, 2.45) is 11.0 Å². The lowest BCUT2D eigenvalue weighted by molar-refractivity contribution is -0.120. The van der Waals surface area contributed by atoms with Crippen molar-refractivity contribution in [3.63, 3.8) is 0 Å². The third-order valence-electron chi connectivity index (χ3n) is 2.65. The van der Waals surface area contributed by atoms with Gasteiger partial charge in [-0.1, -0.05) is 44.2 Å². The maximum Gasteiger partial charge on any atom is 0.408 e. The number of azide groups is 1. The molecule has 21 heavy (non-hydrogen) atoms. The third kappa shape index (κ3) is 6.44. The molecule has 0 bridgehead atoms. The number of carbonyl (C=O) groups excluding carboxylic acids is 2. The zero-order valence-electron chi connectivity index (χ0n) is 12.0. The minimum atomic E-state index is -0.871. The highest BCUT2D eigenvalue weighted by atomic mass is 16.5. The molecular formula is C14H18N4O3. The van der Waals surface area contributed by atoms with Crippen molar-refractivity contribution in [3.8, 4) is 0 Å². The molecule has 0 heterocycles. The van der Waals surface area contributed by atoms with Crippen LogP contribution in [-0.4, -0.2) is 18.0 Å². The van der Waals surface area contributed by atoms with Gasteiger partial charge in [-0.2, -0.15) is 0 Å². The molecule has 2 amide bonds. The number of hydrogen-bond acceptors (Lipinski definition) is 3. The minimum Gasteiger partial charge on any atom is -0.445 e. The molecule has 7 heteroatoms. The summed E-state index contributed by atoms with van der Waals surface area (Å²) in [5, 5.41) is 5.45. The lowest BCUT2D eigenvalue weighted by Gasteiger charge is -2.17. The zero-order valence-corrected chi connectivity index (χ0v) is 12.0. The molecule has 1 N–H and O–H groups in total. The summed E-state index contributed by atoms with van der Waals surface area (Å²) in [4.78, 5) is 25.7. The van der Waals surface area contributed by atoms with E-state index < -0.39 is 18.0 Å². The lowest BCUT2D eigenvalue weighted by Crippen LogP contribution is -2.41. The van der Waals surface area contributed by atoms with Crippen LogP contribution >= 0.6 is 0 Å². The van der Waals surface area contributed by atoms with Gasteiger partial charge in [0.2, 0.25) is 5.91 Å². The Morgan fingerprint density at radius 2 is 2.00 bits per heavy atom. The first-order valence-corrected chi connectivity index (χ1v) is 6.59. The number of alkyl carbamates (subject to hydrolysis) is 1. The summed E-state index contributed by atoms with van der Waals surface area (Å²) in [6, 6.07) is 8.31. The number of carbonyl (C=O) groups is 2. The predicted octanol–water partition coefficient (Wildman–Crippen LogP) is 3.16. The van der Waals surface area contributed by atoms with Crippen molar-refractivity contribution >= 4 is 12.0 Å². The molecule has 0 aromatic heterocycles. The van der Waals surface area contributed by atoms with E-state index in [0.29, 0.717) is 6.42 Å². The Balaban J connectivity index is 2.55. The van der Waals surface area contributed by atoms with Crippen LogP contribution in [-0.2, 0) is 16.1 Å². The summed E-state index contributed by atoms with van der Waals surface area (Å²) < 4.78 is 5.03. The van der Waals surface area contributed by atoms with Crippen LogP contribution < -0.4 is 5.32 Å². The summed E-state index contributed by atoms with van der Waals surface area (Å²) in [5.41, 5.74) is 9.14. The number of ether oxygens (including phenoxy) is 1. The summed E-state index contributed by atoms with van der Waals surface area (Å²) in [7, 11) is 0. The molecule has 112 valence electrons. The van der Waals surface area contributed by atoms with Gasteiger partial charge in [-0.25, -0.2) is 4.79 Å². The Kier molecular flexibility index (Phi) is 6.77. The first-order valence-electron chi connectivity index (χ1n) is 6.59. The van der Waals surface area contributed by atoms with Gasteiger partial charge in [0.25, 0.3) is 0 Å². The predicted molar refractivity (Wildman–Crippen MR) is 77.2 cm³/mol. The van der Waals surface area contributed by atoms with Gasteiger partial charge >= 0.3 is 6.09 Å². The van der Waals surface area contributed by atoms with Gasteiger partial charge < -0.3 is 10.1 Å². The number of rotatable bonds is 6. The van der Waals surface area contributed by atoms with Gasteiger partial charge in [-0.15, -0.1) is 0 Å². The van der Waals surface area contributed by atoms with Gasteiger partial charge in [-0.05, 0) is 28.5 Å². The molecule has 0 unspecified atom stereocenters. The molecule has 0 aliphatic heterocycles. The fourth-order valence-electron chi connectivity index (χ4n) is 1.71. The van der Waals surface area contributed by atoms with Gasteiger partial charge in [-0.3, -0.25) is 4.79 Å². The molecule has 0 saturated heterocycles. The monoisotopic (exact) mass is 290 g/mol. The molecule has 0 aliphatic rings. The Hall–Kier alpha value is -2.53. The molecule has 0 aliphatic carbocycles. The Morgan fingerprint density at radius 1 is 1.33 bits per heavy atom. The van der Waals surface area contributed by atoms with Crippen molar-refractivity contribution in [1.29, 1.82) is 0 Å². The Labute approximate surface area is 122 Å². The second-order valence-corrected chi connectivity index (χ2v) is 4.92. The first kappa shape index (κ1) is 16.5. The first-order chi connectivity index (χ1) is 10.0. The smallest absolute Gasteiger partial charge is 0.408 e. The summed E-state index contributed by atoms with van der Waals surface area (Å²) >= 11 is 0. The maximum absolute atomic E-state index is 11.7. The molecule has 0 fully saturated rings. The van der Waals surface area contributed by atoms with E-state index in [0.717, 1.165) is 5.56 Å². The van der Waals surface area contributed by atoms with E-state index in [1.54, 1.807) is 0 Å². The SMILES string of the molecule is CC(C)C[C@H](NC(=O)OCc1ccccc1)C(=O)N=[N+]=[N-]. The van der Waals surface area contributed by atoms with E-state index in [9.17, 15) is 9.59 Å². The molecule has 1 aromatic rings. The number of benzene rings is 1. The minimum absolute atomic E-state index is 0.108. The van der Waals surface area contributed by atoms with Crippen LogP contribution in [0, 0.1) is 5.92 Å². The summed E-state index contributed by atoms with van der Waals surface area (Å²) in [6.07, 6.45) is -0.343. The highest BCUT2D eigenvalue weighted by molar-refractivity contribution is 5.86. The number of nitrogens with zero attached hydrogens (tertiary/aromatic N) is 3. The van der Waals surface area contributed by atoms with E-state index in [-0.39, 0.29) is 12.5 Å². The zero-order chi connectivity index (χ0) is 15.7. The van der Waals surface area contributed by atoms with E-state index in [2.05, 4.69) is 15.3 Å². The Bertz CT molecular complexity index is 524. The van der Waals surface area contributed by atoms with Gasteiger partial charge in [0.15, 0.2) is 0 Å². The summed E-state index contributed by atoms with van der Waals surface area (Å²) in [5.74, 6) is -0.565. The van der Waals surface area contributed by atoms with Crippen LogP contribution in [0.4, 0.5) is 4.79 Å². The molecule has 0 saturated carbocycles. The van der Waals surface area contributed by atoms with Crippen molar-refractivity contribution in [1.82, 2.24) is 5.32 Å². The van der Waals surface area contributed by atoms with Crippen LogP contribution in [0.3, 0.4) is 0 Å². The maximum atomic E-state index is 11.7. The van der Waals surface area contributed by atoms with Gasteiger partial charge in [0.1, 0.15) is 6.61 Å². The van der Waals surface area contributed by atoms with E-state index in [4.69, 9.17) is 10.3 Å². The van der Waals surface area contributed by atoms with E-state index >= 15 is 0 Å². The van der Waals surface area contributed by atoms with Crippen molar-refractivity contribution < 1.29 is 14.3 Å². The topological polar surface area (TPSA) is 104 Å². The van der Waals surface area contributed by atoms with E-state index in [1.807, 2.05) is 44.2 Å². The van der Waals surface area contributed by atoms with Crippen LogP contribution in [0.5, 0.6) is 0 Å². The average Bonchev–Trinajstić information content (AvgIpc) is 2.45. The van der Waals surface area contributed by atoms with Crippen molar-refractivity contribution in [3.05, 3.63) is 46.3 Å². The molecular weight excluding hydrogens is 272 g/mol. The fraction of sp³-hybridized carbons (Fsp3) is 0.429. The highest BCUT2D eigenvalue weighted by Gasteiger charge is 2.21. The molecule has 1 aromatic carbocycles. The molecule has 7 nitrogen and oxygen atoms in total. The van der Waals surface area contributed by atoms with Crippen LogP contribution in [0.15, 0.2) is 35.4 Å². The number of hydrogen-bond donors (Lipinski definition) is 1. The molecule has 1 atom stereocenters. The quantitative estimate of drug-likeness (QED) is 0.494.